The number of benzene rings is 3. The van der Waals surface area contributed by atoms with Gasteiger partial charge in [0.2, 0.25) is 5.12 Å². The highest BCUT2D eigenvalue weighted by Crippen LogP contribution is 2.32. The highest BCUT2D eigenvalue weighted by atomic mass is 32.2. The zero-order chi connectivity index (χ0) is 19.7. The summed E-state index contributed by atoms with van der Waals surface area (Å²) in [4.78, 5) is 19.1. The molecule has 4 rings (SSSR count). The van der Waals surface area contributed by atoms with Crippen molar-refractivity contribution in [3.63, 3.8) is 0 Å². The van der Waals surface area contributed by atoms with Gasteiger partial charge in [0.1, 0.15) is 0 Å². The van der Waals surface area contributed by atoms with Crippen LogP contribution in [0.4, 0.5) is 0 Å². The Labute approximate surface area is 169 Å². The van der Waals surface area contributed by atoms with Gasteiger partial charge >= 0.3 is 0 Å². The van der Waals surface area contributed by atoms with Crippen molar-refractivity contribution in [2.75, 3.05) is 0 Å². The van der Waals surface area contributed by atoms with E-state index >= 15 is 0 Å². The summed E-state index contributed by atoms with van der Waals surface area (Å²) in [6.45, 7) is 6.18. The quantitative estimate of drug-likeness (QED) is 0.366. The second-order valence-electron chi connectivity index (χ2n) is 7.10. The molecule has 3 heteroatoms. The van der Waals surface area contributed by atoms with Crippen molar-refractivity contribution < 1.29 is 4.79 Å². The first-order chi connectivity index (χ1) is 13.5. The Morgan fingerprint density at radius 2 is 1.54 bits per heavy atom. The predicted octanol–water partition coefficient (Wildman–Crippen LogP) is 6.76. The third kappa shape index (κ3) is 3.71. The number of nitrogens with zero attached hydrogens (tertiary/aromatic N) is 1. The van der Waals surface area contributed by atoms with Crippen LogP contribution in [0.3, 0.4) is 0 Å². The summed E-state index contributed by atoms with van der Waals surface area (Å²) in [5, 5.41) is 0.957. The molecule has 0 spiro atoms. The van der Waals surface area contributed by atoms with Crippen molar-refractivity contribution in [3.05, 3.63) is 95.1 Å². The second kappa shape index (κ2) is 7.61. The highest BCUT2D eigenvalue weighted by Gasteiger charge is 2.17. The molecule has 0 saturated heterocycles. The Kier molecular flexibility index (Phi) is 5.01. The van der Waals surface area contributed by atoms with Crippen LogP contribution in [0.25, 0.3) is 22.2 Å². The van der Waals surface area contributed by atoms with Crippen molar-refractivity contribution in [1.82, 2.24) is 4.98 Å². The zero-order valence-electron chi connectivity index (χ0n) is 16.2. The van der Waals surface area contributed by atoms with Crippen molar-refractivity contribution >= 4 is 27.8 Å². The first kappa shape index (κ1) is 18.5. The standard InChI is InChI=1S/C25H21NOS/c1-16-9-11-19(12-10-16)23-15-22(25(27)28-20-7-5-4-6-8-20)21-14-17(2)13-18(3)24(21)26-23/h4-15H,1-3H3. The van der Waals surface area contributed by atoms with E-state index < -0.39 is 0 Å². The van der Waals surface area contributed by atoms with E-state index in [1.54, 1.807) is 0 Å². The fourth-order valence-corrected chi connectivity index (χ4v) is 4.16. The number of fused-ring (bicyclic) bond motifs is 1. The molecule has 1 heterocycles. The van der Waals surface area contributed by atoms with Crippen LogP contribution in [0.5, 0.6) is 0 Å². The smallest absolute Gasteiger partial charge is 0.224 e. The molecule has 0 aliphatic carbocycles. The van der Waals surface area contributed by atoms with Gasteiger partial charge in [-0.3, -0.25) is 4.79 Å². The van der Waals surface area contributed by atoms with E-state index in [-0.39, 0.29) is 5.12 Å². The van der Waals surface area contributed by atoms with Gasteiger partial charge in [0.25, 0.3) is 0 Å². The number of aromatic nitrogens is 1. The van der Waals surface area contributed by atoms with E-state index in [0.29, 0.717) is 5.56 Å². The lowest BCUT2D eigenvalue weighted by Gasteiger charge is -2.12. The first-order valence-electron chi connectivity index (χ1n) is 9.27. The van der Waals surface area contributed by atoms with Crippen molar-refractivity contribution in [1.29, 1.82) is 0 Å². The number of carbonyl (C=O) groups excluding carboxylic acids is 1. The molecule has 0 aliphatic heterocycles. The summed E-state index contributed by atoms with van der Waals surface area (Å²) < 4.78 is 0. The van der Waals surface area contributed by atoms with E-state index in [4.69, 9.17) is 4.98 Å². The topological polar surface area (TPSA) is 30.0 Å². The van der Waals surface area contributed by atoms with Crippen molar-refractivity contribution in [2.45, 2.75) is 25.7 Å². The maximum Gasteiger partial charge on any atom is 0.224 e. The van der Waals surface area contributed by atoms with Crippen LogP contribution >= 0.6 is 11.8 Å². The van der Waals surface area contributed by atoms with E-state index in [2.05, 4.69) is 57.2 Å². The van der Waals surface area contributed by atoms with Gasteiger partial charge in [-0.2, -0.15) is 0 Å². The lowest BCUT2D eigenvalue weighted by molar-refractivity contribution is 0.109. The number of rotatable bonds is 3. The van der Waals surface area contributed by atoms with E-state index in [9.17, 15) is 4.79 Å². The maximum atomic E-state index is 13.2. The van der Waals surface area contributed by atoms with Crippen LogP contribution in [0.2, 0.25) is 0 Å². The molecule has 2 nitrogen and oxygen atoms in total. The third-order valence-electron chi connectivity index (χ3n) is 4.77. The predicted molar refractivity (Wildman–Crippen MR) is 118 cm³/mol. The Balaban J connectivity index is 1.89. The number of hydrogen-bond donors (Lipinski definition) is 0. The van der Waals surface area contributed by atoms with Gasteiger partial charge in [-0.15, -0.1) is 0 Å². The molecule has 0 atom stereocenters. The number of pyridine rings is 1. The molecule has 1 aromatic heterocycles. The summed E-state index contributed by atoms with van der Waals surface area (Å²) in [5.74, 6) is 0. The molecule has 0 aliphatic rings. The van der Waals surface area contributed by atoms with Gasteiger partial charge in [0, 0.05) is 21.4 Å². The van der Waals surface area contributed by atoms with Gasteiger partial charge in [-0.1, -0.05) is 59.7 Å². The van der Waals surface area contributed by atoms with Crippen LogP contribution in [0.15, 0.2) is 77.7 Å². The molecule has 3 aromatic carbocycles. The average Bonchev–Trinajstić information content (AvgIpc) is 2.68. The normalized spacial score (nSPS) is 11.0. The molecule has 0 radical (unpaired) electrons. The molecular weight excluding hydrogens is 362 g/mol. The first-order valence-corrected chi connectivity index (χ1v) is 10.1. The molecule has 0 unspecified atom stereocenters. The monoisotopic (exact) mass is 383 g/mol. The summed E-state index contributed by atoms with van der Waals surface area (Å²) in [5.41, 5.74) is 6.87. The summed E-state index contributed by atoms with van der Waals surface area (Å²) in [6, 6.07) is 24.2. The zero-order valence-corrected chi connectivity index (χ0v) is 17.0. The SMILES string of the molecule is Cc1ccc(-c2cc(C(=O)Sc3ccccc3)c3cc(C)cc(C)c3n2)cc1. The molecule has 138 valence electrons. The van der Waals surface area contributed by atoms with Gasteiger partial charge in [-0.25, -0.2) is 4.98 Å². The number of carbonyl (C=O) groups is 1. The number of thioether (sulfide) groups is 1. The van der Waals surface area contributed by atoms with Crippen LogP contribution in [0, 0.1) is 20.8 Å². The second-order valence-corrected chi connectivity index (χ2v) is 8.15. The summed E-state index contributed by atoms with van der Waals surface area (Å²) in [6.07, 6.45) is 0. The summed E-state index contributed by atoms with van der Waals surface area (Å²) >= 11 is 1.26. The largest absolute Gasteiger partial charge is 0.281 e. The number of aryl methyl sites for hydroxylation is 3. The van der Waals surface area contributed by atoms with Crippen LogP contribution in [-0.2, 0) is 0 Å². The van der Waals surface area contributed by atoms with Crippen LogP contribution in [-0.4, -0.2) is 10.1 Å². The molecule has 0 saturated carbocycles. The average molecular weight is 384 g/mol. The molecule has 0 fully saturated rings. The Morgan fingerprint density at radius 3 is 2.25 bits per heavy atom. The van der Waals surface area contributed by atoms with E-state index in [1.807, 2.05) is 36.4 Å². The maximum absolute atomic E-state index is 13.2. The highest BCUT2D eigenvalue weighted by molar-refractivity contribution is 8.14. The molecule has 0 amide bonds. The molecule has 0 N–H and O–H groups in total. The van der Waals surface area contributed by atoms with Crippen molar-refractivity contribution in [3.8, 4) is 11.3 Å². The van der Waals surface area contributed by atoms with Gasteiger partial charge in [-0.05, 0) is 62.4 Å². The fraction of sp³-hybridized carbons (Fsp3) is 0.120. The molecule has 28 heavy (non-hydrogen) atoms. The fourth-order valence-electron chi connectivity index (χ4n) is 3.37. The number of hydrogen-bond acceptors (Lipinski definition) is 3. The molecule has 0 bridgehead atoms. The molecular formula is C25H21NOS. The molecule has 4 aromatic rings. The Morgan fingerprint density at radius 1 is 0.821 bits per heavy atom. The lowest BCUT2D eigenvalue weighted by Crippen LogP contribution is -2.00. The van der Waals surface area contributed by atoms with Crippen LogP contribution < -0.4 is 0 Å². The Hall–Kier alpha value is -2.91. The minimum Gasteiger partial charge on any atom is -0.281 e. The lowest BCUT2D eigenvalue weighted by atomic mass is 10.00. The van der Waals surface area contributed by atoms with E-state index in [0.717, 1.165) is 38.2 Å². The van der Waals surface area contributed by atoms with E-state index in [1.165, 1.54) is 17.3 Å². The van der Waals surface area contributed by atoms with Gasteiger partial charge in [0.05, 0.1) is 11.2 Å². The Bertz CT molecular complexity index is 1160. The minimum atomic E-state index is 0.0389. The van der Waals surface area contributed by atoms with Crippen molar-refractivity contribution in [2.24, 2.45) is 0 Å². The van der Waals surface area contributed by atoms with Gasteiger partial charge in [0.15, 0.2) is 0 Å². The summed E-state index contributed by atoms with van der Waals surface area (Å²) in [7, 11) is 0. The van der Waals surface area contributed by atoms with Gasteiger partial charge < -0.3 is 0 Å². The van der Waals surface area contributed by atoms with Crippen LogP contribution in [0.1, 0.15) is 27.0 Å². The third-order valence-corrected chi connectivity index (χ3v) is 5.68. The minimum absolute atomic E-state index is 0.0389.